The van der Waals surface area contributed by atoms with E-state index in [4.69, 9.17) is 5.73 Å². The number of hydrogen-bond donors (Lipinski definition) is 2. The predicted molar refractivity (Wildman–Crippen MR) is 96.1 cm³/mol. The zero-order valence-corrected chi connectivity index (χ0v) is 14.9. The first kappa shape index (κ1) is 18.7. The Morgan fingerprint density at radius 1 is 1.33 bits per heavy atom. The summed E-state index contributed by atoms with van der Waals surface area (Å²) in [5.74, 6) is 1.06. The molecule has 3 amide bonds. The molecule has 1 aliphatic heterocycles. The Kier molecular flexibility index (Phi) is 7.03. The second-order valence-electron chi connectivity index (χ2n) is 6.98. The first-order valence-electron chi connectivity index (χ1n) is 9.25. The van der Waals surface area contributed by atoms with E-state index in [0.29, 0.717) is 31.1 Å². The van der Waals surface area contributed by atoms with Crippen LogP contribution in [-0.2, 0) is 4.79 Å². The van der Waals surface area contributed by atoms with E-state index in [1.54, 1.807) is 4.90 Å². The highest BCUT2D eigenvalue weighted by Crippen LogP contribution is 2.34. The van der Waals surface area contributed by atoms with Gasteiger partial charge in [0.25, 0.3) is 0 Å². The third-order valence-corrected chi connectivity index (χ3v) is 5.38. The number of urea groups is 1. The molecule has 2 atom stereocenters. The van der Waals surface area contributed by atoms with Crippen molar-refractivity contribution in [3.8, 4) is 0 Å². The third-order valence-electron chi connectivity index (χ3n) is 5.38. The number of rotatable bonds is 5. The van der Waals surface area contributed by atoms with E-state index >= 15 is 0 Å². The fourth-order valence-electron chi connectivity index (χ4n) is 3.82. The van der Waals surface area contributed by atoms with Crippen molar-refractivity contribution in [2.45, 2.75) is 58.3 Å². The Balaban J connectivity index is 2.12. The smallest absolute Gasteiger partial charge is 0.328 e. The van der Waals surface area contributed by atoms with Crippen molar-refractivity contribution < 1.29 is 9.59 Å². The molecule has 1 heterocycles. The van der Waals surface area contributed by atoms with E-state index in [0.717, 1.165) is 25.2 Å². The molecule has 2 unspecified atom stereocenters. The van der Waals surface area contributed by atoms with Crippen molar-refractivity contribution in [3.05, 3.63) is 23.9 Å². The van der Waals surface area contributed by atoms with Crippen LogP contribution >= 0.6 is 0 Å². The Morgan fingerprint density at radius 3 is 2.79 bits per heavy atom. The summed E-state index contributed by atoms with van der Waals surface area (Å²) < 4.78 is 0. The SMILES string of the molecule is C=C(/C=C1/CCC(CC)CCCC1CCN)N1CCC(=O)NC1=O. The van der Waals surface area contributed by atoms with E-state index in [9.17, 15) is 9.59 Å². The molecule has 2 aliphatic rings. The lowest BCUT2D eigenvalue weighted by atomic mass is 9.80. The summed E-state index contributed by atoms with van der Waals surface area (Å²) in [5, 5.41) is 2.36. The molecule has 24 heavy (non-hydrogen) atoms. The fourth-order valence-corrected chi connectivity index (χ4v) is 3.82. The monoisotopic (exact) mass is 333 g/mol. The summed E-state index contributed by atoms with van der Waals surface area (Å²) in [4.78, 5) is 24.9. The van der Waals surface area contributed by atoms with Crippen LogP contribution in [0.2, 0.25) is 0 Å². The first-order chi connectivity index (χ1) is 11.5. The highest BCUT2D eigenvalue weighted by atomic mass is 16.2. The number of hydrogen-bond acceptors (Lipinski definition) is 3. The van der Waals surface area contributed by atoms with Gasteiger partial charge in [0.2, 0.25) is 5.91 Å². The summed E-state index contributed by atoms with van der Waals surface area (Å²) in [6.07, 6.45) is 10.6. The Hall–Kier alpha value is -1.62. The van der Waals surface area contributed by atoms with Gasteiger partial charge in [0, 0.05) is 18.7 Å². The van der Waals surface area contributed by atoms with Crippen molar-refractivity contribution in [3.63, 3.8) is 0 Å². The molecule has 2 rings (SSSR count). The molecular formula is C19H31N3O2. The van der Waals surface area contributed by atoms with Crippen LogP contribution in [0.1, 0.15) is 58.3 Å². The van der Waals surface area contributed by atoms with Gasteiger partial charge in [-0.15, -0.1) is 0 Å². The normalized spacial score (nSPS) is 27.6. The van der Waals surface area contributed by atoms with Crippen molar-refractivity contribution in [1.82, 2.24) is 10.2 Å². The van der Waals surface area contributed by atoms with Gasteiger partial charge in [0.1, 0.15) is 0 Å². The molecule has 2 fully saturated rings. The molecule has 0 aromatic carbocycles. The third kappa shape index (κ3) is 4.94. The van der Waals surface area contributed by atoms with Crippen molar-refractivity contribution in [1.29, 1.82) is 0 Å². The van der Waals surface area contributed by atoms with Gasteiger partial charge >= 0.3 is 6.03 Å². The summed E-state index contributed by atoms with van der Waals surface area (Å²) in [7, 11) is 0. The molecule has 1 saturated heterocycles. The molecule has 0 bridgehead atoms. The topological polar surface area (TPSA) is 75.4 Å². The molecular weight excluding hydrogens is 302 g/mol. The van der Waals surface area contributed by atoms with Gasteiger partial charge in [0.05, 0.1) is 0 Å². The molecule has 1 saturated carbocycles. The van der Waals surface area contributed by atoms with Crippen molar-refractivity contribution >= 4 is 11.9 Å². The number of amides is 3. The zero-order valence-electron chi connectivity index (χ0n) is 14.9. The standard InChI is InChI=1S/C19H31N3O2/c1-3-15-5-4-6-16(9-11-20)17(8-7-15)13-14(2)22-12-10-18(23)21-19(22)24/h13,15-16H,2-12,20H2,1H3,(H,21,23,24)/b17-13-. The van der Waals surface area contributed by atoms with Crippen LogP contribution in [0.4, 0.5) is 4.79 Å². The average molecular weight is 333 g/mol. The van der Waals surface area contributed by atoms with Crippen LogP contribution in [0.15, 0.2) is 23.9 Å². The van der Waals surface area contributed by atoms with Gasteiger partial charge in [-0.2, -0.15) is 0 Å². The molecule has 0 radical (unpaired) electrons. The number of nitrogens with zero attached hydrogens (tertiary/aromatic N) is 1. The summed E-state index contributed by atoms with van der Waals surface area (Å²) in [6.45, 7) is 7.44. The average Bonchev–Trinajstić information content (AvgIpc) is 2.53. The Morgan fingerprint density at radius 2 is 2.12 bits per heavy atom. The second-order valence-corrected chi connectivity index (χ2v) is 6.98. The predicted octanol–water partition coefficient (Wildman–Crippen LogP) is 3.32. The highest BCUT2D eigenvalue weighted by molar-refractivity contribution is 5.97. The molecule has 0 aromatic heterocycles. The van der Waals surface area contributed by atoms with Crippen LogP contribution in [-0.4, -0.2) is 29.9 Å². The van der Waals surface area contributed by atoms with Crippen LogP contribution < -0.4 is 11.1 Å². The summed E-state index contributed by atoms with van der Waals surface area (Å²) in [5.41, 5.74) is 7.87. The van der Waals surface area contributed by atoms with Crippen LogP contribution in [0.25, 0.3) is 0 Å². The maximum absolute atomic E-state index is 12.0. The van der Waals surface area contributed by atoms with E-state index in [1.807, 2.05) is 0 Å². The van der Waals surface area contributed by atoms with Gasteiger partial charge < -0.3 is 5.73 Å². The highest BCUT2D eigenvalue weighted by Gasteiger charge is 2.25. The summed E-state index contributed by atoms with van der Waals surface area (Å²) >= 11 is 0. The minimum atomic E-state index is -0.360. The van der Waals surface area contributed by atoms with Gasteiger partial charge in [0.15, 0.2) is 0 Å². The van der Waals surface area contributed by atoms with Crippen LogP contribution in [0, 0.1) is 11.8 Å². The van der Waals surface area contributed by atoms with Gasteiger partial charge in [-0.25, -0.2) is 4.79 Å². The molecule has 134 valence electrons. The molecule has 0 aromatic rings. The molecule has 3 N–H and O–H groups in total. The van der Waals surface area contributed by atoms with Gasteiger partial charge in [-0.05, 0) is 50.1 Å². The minimum Gasteiger partial charge on any atom is -0.330 e. The maximum atomic E-state index is 12.0. The first-order valence-corrected chi connectivity index (χ1v) is 9.25. The number of nitrogens with two attached hydrogens (primary N) is 1. The summed E-state index contributed by atoms with van der Waals surface area (Å²) in [6, 6.07) is -0.360. The molecule has 5 nitrogen and oxygen atoms in total. The number of carbonyl (C=O) groups excluding carboxylic acids is 2. The number of allylic oxidation sites excluding steroid dienone is 2. The minimum absolute atomic E-state index is 0.213. The van der Waals surface area contributed by atoms with E-state index in [-0.39, 0.29) is 11.9 Å². The fraction of sp³-hybridized carbons (Fsp3) is 0.684. The lowest BCUT2D eigenvalue weighted by Crippen LogP contribution is -2.48. The quantitative estimate of drug-likeness (QED) is 0.810. The van der Waals surface area contributed by atoms with Crippen molar-refractivity contribution in [2.24, 2.45) is 17.6 Å². The van der Waals surface area contributed by atoms with Gasteiger partial charge in [-0.3, -0.25) is 15.0 Å². The maximum Gasteiger partial charge on any atom is 0.328 e. The Labute approximate surface area is 145 Å². The van der Waals surface area contributed by atoms with Crippen LogP contribution in [0.3, 0.4) is 0 Å². The Bertz CT molecular complexity index is 513. The number of carbonyl (C=O) groups is 2. The molecule has 5 heteroatoms. The van der Waals surface area contributed by atoms with Gasteiger partial charge in [-0.1, -0.05) is 38.3 Å². The largest absolute Gasteiger partial charge is 0.330 e. The van der Waals surface area contributed by atoms with E-state index in [1.165, 1.54) is 31.3 Å². The second kappa shape index (κ2) is 9.02. The number of imide groups is 1. The lowest BCUT2D eigenvalue weighted by molar-refractivity contribution is -0.121. The zero-order chi connectivity index (χ0) is 17.5. The lowest BCUT2D eigenvalue weighted by Gasteiger charge is -2.30. The van der Waals surface area contributed by atoms with Crippen LogP contribution in [0.5, 0.6) is 0 Å². The van der Waals surface area contributed by atoms with Crippen molar-refractivity contribution in [2.75, 3.05) is 13.1 Å². The van der Waals surface area contributed by atoms with E-state index in [2.05, 4.69) is 24.9 Å². The molecule has 0 spiro atoms. The molecule has 1 aliphatic carbocycles. The number of nitrogens with one attached hydrogen (secondary N) is 1. The van der Waals surface area contributed by atoms with E-state index < -0.39 is 0 Å².